The van der Waals surface area contributed by atoms with Crippen LogP contribution in [0.1, 0.15) is 48.9 Å². The van der Waals surface area contributed by atoms with Crippen molar-refractivity contribution in [3.63, 3.8) is 0 Å². The summed E-state index contributed by atoms with van der Waals surface area (Å²) in [6, 6.07) is 3.71. The second-order valence-electron chi connectivity index (χ2n) is 7.91. The van der Waals surface area contributed by atoms with E-state index in [1.54, 1.807) is 4.90 Å². The average molecular weight is 411 g/mol. The number of morpholine rings is 1. The second-order valence-corrected chi connectivity index (χ2v) is 9.85. The molecule has 1 aromatic rings. The van der Waals surface area contributed by atoms with E-state index in [4.69, 9.17) is 4.74 Å². The van der Waals surface area contributed by atoms with Crippen LogP contribution >= 0.6 is 0 Å². The third-order valence-corrected chi connectivity index (χ3v) is 8.17. The van der Waals surface area contributed by atoms with Crippen LogP contribution in [-0.2, 0) is 14.8 Å². The van der Waals surface area contributed by atoms with Gasteiger partial charge in [0.1, 0.15) is 5.82 Å². The summed E-state index contributed by atoms with van der Waals surface area (Å²) in [5, 5.41) is 0. The van der Waals surface area contributed by atoms with Gasteiger partial charge in [0.05, 0.1) is 23.7 Å². The minimum atomic E-state index is -3.77. The minimum Gasteiger partial charge on any atom is -0.379 e. The third-order valence-electron chi connectivity index (χ3n) is 6.28. The maximum absolute atomic E-state index is 14.6. The van der Waals surface area contributed by atoms with Crippen molar-refractivity contribution in [2.75, 3.05) is 32.8 Å². The lowest BCUT2D eigenvalue weighted by molar-refractivity contribution is 0.0386. The summed E-state index contributed by atoms with van der Waals surface area (Å²) in [7, 11) is -3.77. The lowest BCUT2D eigenvalue weighted by atomic mass is 9.78. The van der Waals surface area contributed by atoms with Gasteiger partial charge < -0.3 is 9.64 Å². The number of hydrogen-bond acceptors (Lipinski definition) is 4. The monoisotopic (exact) mass is 410 g/mol. The van der Waals surface area contributed by atoms with Crippen LogP contribution < -0.4 is 0 Å². The molecule has 1 aliphatic carbocycles. The number of nitrogens with zero attached hydrogens (tertiary/aromatic N) is 2. The number of sulfonamides is 1. The van der Waals surface area contributed by atoms with Crippen molar-refractivity contribution < 1.29 is 22.3 Å². The van der Waals surface area contributed by atoms with Crippen LogP contribution in [0.5, 0.6) is 0 Å². The molecule has 2 unspecified atom stereocenters. The Hall–Kier alpha value is -1.51. The zero-order valence-electron chi connectivity index (χ0n) is 16.0. The van der Waals surface area contributed by atoms with E-state index < -0.39 is 15.8 Å². The second kappa shape index (κ2) is 8.08. The van der Waals surface area contributed by atoms with Crippen molar-refractivity contribution in [1.82, 2.24) is 9.21 Å². The Morgan fingerprint density at radius 2 is 1.75 bits per heavy atom. The number of carbonyl (C=O) groups excluding carboxylic acids is 1. The number of fused-ring (bicyclic) bond motifs is 1. The molecule has 3 aliphatic rings. The van der Waals surface area contributed by atoms with E-state index in [1.807, 2.05) is 0 Å². The zero-order chi connectivity index (χ0) is 19.7. The lowest BCUT2D eigenvalue weighted by Crippen LogP contribution is -2.49. The number of hydrogen-bond donors (Lipinski definition) is 0. The molecule has 28 heavy (non-hydrogen) atoms. The Bertz CT molecular complexity index is 837. The topological polar surface area (TPSA) is 66.9 Å². The molecule has 3 fully saturated rings. The Kier molecular flexibility index (Phi) is 5.71. The Labute approximate surface area is 165 Å². The van der Waals surface area contributed by atoms with Crippen LogP contribution in [-0.4, -0.2) is 62.4 Å². The minimum absolute atomic E-state index is 0.0312. The molecule has 1 amide bonds. The summed E-state index contributed by atoms with van der Waals surface area (Å²) in [6.07, 6.45) is 6.36. The van der Waals surface area contributed by atoms with Crippen molar-refractivity contribution in [2.45, 2.75) is 49.5 Å². The number of ether oxygens (including phenoxy) is 1. The number of carbonyl (C=O) groups is 1. The molecule has 2 aliphatic heterocycles. The van der Waals surface area contributed by atoms with Gasteiger partial charge >= 0.3 is 0 Å². The predicted molar refractivity (Wildman–Crippen MR) is 102 cm³/mol. The van der Waals surface area contributed by atoms with Crippen LogP contribution in [0.15, 0.2) is 23.1 Å². The summed E-state index contributed by atoms with van der Waals surface area (Å²) in [6.45, 7) is 1.81. The van der Waals surface area contributed by atoms with Crippen LogP contribution in [0.2, 0.25) is 0 Å². The third kappa shape index (κ3) is 3.69. The molecule has 0 radical (unpaired) electrons. The summed E-state index contributed by atoms with van der Waals surface area (Å²) in [4.78, 5) is 14.9. The largest absolute Gasteiger partial charge is 0.379 e. The lowest BCUT2D eigenvalue weighted by Gasteiger charge is -2.44. The Morgan fingerprint density at radius 1 is 1.04 bits per heavy atom. The molecular formula is C20H27FN2O4S. The first kappa shape index (κ1) is 19.8. The molecule has 6 nitrogen and oxygen atoms in total. The van der Waals surface area contributed by atoms with Crippen molar-refractivity contribution in [3.8, 4) is 0 Å². The van der Waals surface area contributed by atoms with E-state index in [0.717, 1.165) is 38.2 Å². The number of halogens is 1. The van der Waals surface area contributed by atoms with Crippen molar-refractivity contribution in [1.29, 1.82) is 0 Å². The summed E-state index contributed by atoms with van der Waals surface area (Å²) in [5.74, 6) is -0.563. The quantitative estimate of drug-likeness (QED) is 0.768. The molecule has 0 bridgehead atoms. The van der Waals surface area contributed by atoms with Crippen molar-refractivity contribution in [3.05, 3.63) is 29.6 Å². The van der Waals surface area contributed by atoms with E-state index >= 15 is 0 Å². The van der Waals surface area contributed by atoms with Gasteiger partial charge in [0.25, 0.3) is 5.91 Å². The molecule has 4 rings (SSSR count). The first-order valence-electron chi connectivity index (χ1n) is 10.2. The maximum Gasteiger partial charge on any atom is 0.257 e. The predicted octanol–water partition coefficient (Wildman–Crippen LogP) is 2.64. The van der Waals surface area contributed by atoms with Gasteiger partial charge in [0.15, 0.2) is 0 Å². The first-order valence-corrected chi connectivity index (χ1v) is 11.6. The summed E-state index contributed by atoms with van der Waals surface area (Å²) < 4.78 is 46.9. The van der Waals surface area contributed by atoms with Crippen molar-refractivity contribution in [2.24, 2.45) is 5.92 Å². The normalized spacial score (nSPS) is 26.7. The van der Waals surface area contributed by atoms with Gasteiger partial charge in [-0.3, -0.25) is 4.79 Å². The zero-order valence-corrected chi connectivity index (χ0v) is 16.8. The fourth-order valence-electron chi connectivity index (χ4n) is 4.80. The number of piperidine rings is 1. The number of rotatable bonds is 3. The molecule has 2 saturated heterocycles. The van der Waals surface area contributed by atoms with Gasteiger partial charge in [-0.2, -0.15) is 4.31 Å². The van der Waals surface area contributed by atoms with Gasteiger partial charge in [-0.25, -0.2) is 12.8 Å². The first-order chi connectivity index (χ1) is 13.5. The highest BCUT2D eigenvalue weighted by Gasteiger charge is 2.37. The molecule has 2 heterocycles. The van der Waals surface area contributed by atoms with E-state index in [1.165, 1.54) is 22.9 Å². The fourth-order valence-corrected chi connectivity index (χ4v) is 6.23. The Balaban J connectivity index is 1.62. The van der Waals surface area contributed by atoms with Gasteiger partial charge in [-0.15, -0.1) is 0 Å². The smallest absolute Gasteiger partial charge is 0.257 e. The average Bonchev–Trinajstić information content (AvgIpc) is 2.73. The molecule has 154 valence electrons. The maximum atomic E-state index is 14.6. The van der Waals surface area contributed by atoms with Crippen LogP contribution in [0, 0.1) is 11.7 Å². The van der Waals surface area contributed by atoms with Crippen LogP contribution in [0.3, 0.4) is 0 Å². The fraction of sp³-hybridized carbons (Fsp3) is 0.650. The van der Waals surface area contributed by atoms with Gasteiger partial charge in [-0.1, -0.05) is 12.8 Å². The molecule has 1 aromatic carbocycles. The summed E-state index contributed by atoms with van der Waals surface area (Å²) >= 11 is 0. The van der Waals surface area contributed by atoms with E-state index in [-0.39, 0.29) is 35.5 Å². The Morgan fingerprint density at radius 3 is 2.54 bits per heavy atom. The number of amides is 1. The van der Waals surface area contributed by atoms with Crippen LogP contribution in [0.25, 0.3) is 0 Å². The highest BCUT2D eigenvalue weighted by molar-refractivity contribution is 7.89. The van der Waals surface area contributed by atoms with Gasteiger partial charge in [-0.05, 0) is 49.8 Å². The number of likely N-dealkylation sites (tertiary alicyclic amines) is 1. The molecule has 2 atom stereocenters. The van der Waals surface area contributed by atoms with E-state index in [2.05, 4.69) is 0 Å². The van der Waals surface area contributed by atoms with E-state index in [0.29, 0.717) is 25.7 Å². The molecule has 1 saturated carbocycles. The summed E-state index contributed by atoms with van der Waals surface area (Å²) in [5.41, 5.74) is -0.138. The van der Waals surface area contributed by atoms with Crippen molar-refractivity contribution >= 4 is 15.9 Å². The van der Waals surface area contributed by atoms with Crippen LogP contribution in [0.4, 0.5) is 4.39 Å². The molecule has 0 N–H and O–H groups in total. The number of benzene rings is 1. The molecule has 0 spiro atoms. The highest BCUT2D eigenvalue weighted by atomic mass is 32.2. The molecular weight excluding hydrogens is 383 g/mol. The highest BCUT2D eigenvalue weighted by Crippen LogP contribution is 2.36. The SMILES string of the molecule is O=C(c1cc(S(=O)(=O)N2CCOCC2)ccc1F)N1CCCC2CCCCC21. The van der Waals surface area contributed by atoms with Gasteiger partial charge in [0, 0.05) is 25.7 Å². The standard InChI is InChI=1S/C20H27FN2O4S/c21-18-8-7-16(28(25,26)22-10-12-27-13-11-22)14-17(18)20(24)23-9-3-5-15-4-1-2-6-19(15)23/h7-8,14-15,19H,1-6,9-13H2. The molecule has 0 aromatic heterocycles. The van der Waals surface area contributed by atoms with Gasteiger partial charge in [0.2, 0.25) is 10.0 Å². The van der Waals surface area contributed by atoms with E-state index in [9.17, 15) is 17.6 Å². The molecule has 8 heteroatoms.